The molecule has 0 aromatic rings. The van der Waals surface area contributed by atoms with Gasteiger partial charge in [0.05, 0.1) is 0 Å². The van der Waals surface area contributed by atoms with Gasteiger partial charge in [0, 0.05) is 31.6 Å². The first-order valence-corrected chi connectivity index (χ1v) is 9.81. The van der Waals surface area contributed by atoms with Crippen LogP contribution >= 0.6 is 0 Å². The van der Waals surface area contributed by atoms with Gasteiger partial charge in [0.25, 0.3) is 0 Å². The third kappa shape index (κ3) is 5.30. The van der Waals surface area contributed by atoms with Crippen molar-refractivity contribution in [1.29, 1.82) is 0 Å². The summed E-state index contributed by atoms with van der Waals surface area (Å²) < 4.78 is 0. The highest BCUT2D eigenvalue weighted by molar-refractivity contribution is 5.97. The van der Waals surface area contributed by atoms with Crippen molar-refractivity contribution in [2.75, 3.05) is 14.1 Å². The molecule has 0 N–H and O–H groups in total. The molecular weight excluding hydrogens is 320 g/mol. The van der Waals surface area contributed by atoms with E-state index in [0.717, 1.165) is 46.8 Å². The normalized spacial score (nSPS) is 23.3. The van der Waals surface area contributed by atoms with Gasteiger partial charge in [-0.3, -0.25) is 9.79 Å². The molecule has 1 saturated carbocycles. The fourth-order valence-corrected chi connectivity index (χ4v) is 3.81. The summed E-state index contributed by atoms with van der Waals surface area (Å²) in [4.78, 5) is 18.9. The van der Waals surface area contributed by atoms with Gasteiger partial charge < -0.3 is 4.90 Å². The number of aliphatic imine (C=N–C) groups is 1. The Kier molecular flexibility index (Phi) is 7.19. The predicted molar refractivity (Wildman–Crippen MR) is 111 cm³/mol. The number of carbonyl (C=O) groups excluding carboxylic acids is 1. The highest BCUT2D eigenvalue weighted by atomic mass is 16.2. The van der Waals surface area contributed by atoms with Crippen LogP contribution < -0.4 is 0 Å². The van der Waals surface area contributed by atoms with Gasteiger partial charge >= 0.3 is 0 Å². The third-order valence-corrected chi connectivity index (χ3v) is 5.72. The lowest BCUT2D eigenvalue weighted by molar-refractivity contribution is -0.125. The Labute approximate surface area is 159 Å². The molecule has 2 rings (SSSR count). The van der Waals surface area contributed by atoms with Crippen LogP contribution in [0, 0.1) is 11.8 Å². The lowest BCUT2D eigenvalue weighted by Gasteiger charge is -2.29. The van der Waals surface area contributed by atoms with Crippen LogP contribution in [0.2, 0.25) is 0 Å². The number of hydrogen-bond donors (Lipinski definition) is 0. The van der Waals surface area contributed by atoms with Gasteiger partial charge in [0.15, 0.2) is 0 Å². The van der Waals surface area contributed by atoms with Gasteiger partial charge in [0.1, 0.15) is 0 Å². The molecule has 3 heteroatoms. The lowest BCUT2D eigenvalue weighted by atomic mass is 9.78. The zero-order chi connectivity index (χ0) is 19.3. The number of nitrogens with zero attached hydrogens (tertiary/aromatic N) is 2. The summed E-state index contributed by atoms with van der Waals surface area (Å²) in [5.74, 6) is 1.24. The first kappa shape index (κ1) is 20.4. The van der Waals surface area contributed by atoms with Crippen LogP contribution in [0.5, 0.6) is 0 Å². The summed E-state index contributed by atoms with van der Waals surface area (Å²) in [6, 6.07) is 0. The van der Waals surface area contributed by atoms with E-state index in [-0.39, 0.29) is 11.8 Å². The van der Waals surface area contributed by atoms with Gasteiger partial charge in [-0.05, 0) is 67.7 Å². The van der Waals surface area contributed by atoms with Gasteiger partial charge in [-0.1, -0.05) is 38.8 Å². The first-order valence-electron chi connectivity index (χ1n) is 9.81. The van der Waals surface area contributed by atoms with Crippen molar-refractivity contribution in [3.05, 3.63) is 47.7 Å². The van der Waals surface area contributed by atoms with Crippen molar-refractivity contribution in [1.82, 2.24) is 4.90 Å². The molecule has 3 nitrogen and oxygen atoms in total. The molecule has 0 radical (unpaired) electrons. The SMILES string of the molecule is C=C(C)C(C)=N/C=C1/C=C(C(=O)N(C)C)C(CCC2CCCC2)CC1=C. The first-order chi connectivity index (χ1) is 12.3. The van der Waals surface area contributed by atoms with E-state index in [1.807, 2.05) is 40.2 Å². The number of amides is 1. The molecule has 0 aromatic carbocycles. The van der Waals surface area contributed by atoms with Crippen LogP contribution in [0.1, 0.15) is 58.8 Å². The molecule has 1 fully saturated rings. The number of rotatable bonds is 6. The Bertz CT molecular complexity index is 658. The van der Waals surface area contributed by atoms with Gasteiger partial charge in [0.2, 0.25) is 5.91 Å². The van der Waals surface area contributed by atoms with E-state index in [1.54, 1.807) is 4.90 Å². The Morgan fingerprint density at radius 1 is 1.27 bits per heavy atom. The van der Waals surface area contributed by atoms with Crippen LogP contribution in [-0.2, 0) is 4.79 Å². The van der Waals surface area contributed by atoms with Crippen molar-refractivity contribution in [2.24, 2.45) is 16.8 Å². The smallest absolute Gasteiger partial charge is 0.249 e. The minimum atomic E-state index is 0.112. The predicted octanol–water partition coefficient (Wildman–Crippen LogP) is 5.47. The summed E-state index contributed by atoms with van der Waals surface area (Å²) >= 11 is 0. The Hall–Kier alpha value is -1.90. The van der Waals surface area contributed by atoms with E-state index in [0.29, 0.717) is 0 Å². The maximum Gasteiger partial charge on any atom is 0.249 e. The molecule has 0 aliphatic heterocycles. The minimum absolute atomic E-state index is 0.112. The molecule has 1 atom stereocenters. The molecule has 1 amide bonds. The lowest BCUT2D eigenvalue weighted by Crippen LogP contribution is -2.29. The summed E-state index contributed by atoms with van der Waals surface area (Å²) in [6.07, 6.45) is 12.5. The highest BCUT2D eigenvalue weighted by Gasteiger charge is 2.29. The van der Waals surface area contributed by atoms with Crippen molar-refractivity contribution < 1.29 is 4.79 Å². The number of hydrogen-bond acceptors (Lipinski definition) is 2. The maximum atomic E-state index is 12.8. The average Bonchev–Trinajstić information content (AvgIpc) is 3.11. The Morgan fingerprint density at radius 3 is 2.50 bits per heavy atom. The van der Waals surface area contributed by atoms with Crippen LogP contribution in [-0.4, -0.2) is 30.6 Å². The summed E-state index contributed by atoms with van der Waals surface area (Å²) in [5.41, 5.74) is 4.81. The van der Waals surface area contributed by atoms with Crippen LogP contribution in [0.25, 0.3) is 0 Å². The Morgan fingerprint density at radius 2 is 1.92 bits per heavy atom. The number of carbonyl (C=O) groups is 1. The molecule has 2 aliphatic carbocycles. The van der Waals surface area contributed by atoms with E-state index in [2.05, 4.69) is 18.2 Å². The van der Waals surface area contributed by atoms with Crippen molar-refractivity contribution in [2.45, 2.75) is 58.8 Å². The second-order valence-electron chi connectivity index (χ2n) is 8.11. The standard InChI is InChI=1S/C23H34N2O/c1-16(2)18(4)24-15-21-14-22(23(26)25(5)6)20(13-17(21)3)12-11-19-9-7-8-10-19/h14-15,19-20H,1,3,7-13H2,2,4-6H3/b21-15-,24-18?. The molecule has 142 valence electrons. The average molecular weight is 355 g/mol. The molecule has 26 heavy (non-hydrogen) atoms. The van der Waals surface area contributed by atoms with Gasteiger partial charge in [-0.25, -0.2) is 0 Å². The topological polar surface area (TPSA) is 32.7 Å². The number of allylic oxidation sites excluding steroid dienone is 4. The second-order valence-corrected chi connectivity index (χ2v) is 8.11. The summed E-state index contributed by atoms with van der Waals surface area (Å²) in [7, 11) is 3.65. The summed E-state index contributed by atoms with van der Waals surface area (Å²) in [5, 5.41) is 0. The molecular formula is C23H34N2O. The van der Waals surface area contributed by atoms with Gasteiger partial charge in [-0.15, -0.1) is 0 Å². The number of likely N-dealkylation sites (N-methyl/N-ethyl adjacent to an activating group) is 1. The Balaban J connectivity index is 2.23. The molecule has 1 unspecified atom stereocenters. The van der Waals surface area contributed by atoms with Crippen molar-refractivity contribution in [3.63, 3.8) is 0 Å². The zero-order valence-electron chi connectivity index (χ0n) is 17.0. The largest absolute Gasteiger partial charge is 0.345 e. The van der Waals surface area contributed by atoms with Crippen LogP contribution in [0.3, 0.4) is 0 Å². The molecule has 0 saturated heterocycles. The molecule has 0 aromatic heterocycles. The van der Waals surface area contributed by atoms with Crippen LogP contribution in [0.4, 0.5) is 0 Å². The fraction of sp³-hybridized carbons (Fsp3) is 0.565. The maximum absolute atomic E-state index is 12.8. The third-order valence-electron chi connectivity index (χ3n) is 5.72. The van der Waals surface area contributed by atoms with Gasteiger partial charge in [-0.2, -0.15) is 0 Å². The highest BCUT2D eigenvalue weighted by Crippen LogP contribution is 2.38. The van der Waals surface area contributed by atoms with E-state index < -0.39 is 0 Å². The quantitative estimate of drug-likeness (QED) is 0.582. The van der Waals surface area contributed by atoms with E-state index in [9.17, 15) is 4.79 Å². The molecule has 0 spiro atoms. The monoisotopic (exact) mass is 354 g/mol. The van der Waals surface area contributed by atoms with Crippen molar-refractivity contribution in [3.8, 4) is 0 Å². The van der Waals surface area contributed by atoms with E-state index in [4.69, 9.17) is 0 Å². The minimum Gasteiger partial charge on any atom is -0.345 e. The van der Waals surface area contributed by atoms with E-state index in [1.165, 1.54) is 32.1 Å². The summed E-state index contributed by atoms with van der Waals surface area (Å²) in [6.45, 7) is 12.1. The van der Waals surface area contributed by atoms with Crippen LogP contribution in [0.15, 0.2) is 52.7 Å². The molecule has 0 bridgehead atoms. The molecule has 0 heterocycles. The van der Waals surface area contributed by atoms with Crippen molar-refractivity contribution >= 4 is 11.6 Å². The fourth-order valence-electron chi connectivity index (χ4n) is 3.81. The van der Waals surface area contributed by atoms with E-state index >= 15 is 0 Å². The molecule has 2 aliphatic rings. The second kappa shape index (κ2) is 9.16. The zero-order valence-corrected chi connectivity index (χ0v) is 17.0.